The van der Waals surface area contributed by atoms with Crippen molar-refractivity contribution in [2.45, 2.75) is 0 Å². The van der Waals surface area contributed by atoms with Crippen molar-refractivity contribution < 1.29 is 4.39 Å². The summed E-state index contributed by atoms with van der Waals surface area (Å²) < 4.78 is 13.6. The number of benzene rings is 2. The maximum absolute atomic E-state index is 13.6. The number of halogens is 1. The van der Waals surface area contributed by atoms with Crippen molar-refractivity contribution in [1.82, 2.24) is 4.98 Å². The van der Waals surface area contributed by atoms with Gasteiger partial charge in [0.15, 0.2) is 0 Å². The number of hydrogen-bond donors (Lipinski definition) is 1. The highest BCUT2D eigenvalue weighted by molar-refractivity contribution is 5.91. The molecule has 18 heavy (non-hydrogen) atoms. The summed E-state index contributed by atoms with van der Waals surface area (Å²) in [7, 11) is 0. The fourth-order valence-corrected chi connectivity index (χ4v) is 1.91. The molecule has 0 aliphatic heterocycles. The Labute approximate surface area is 104 Å². The molecular weight excluding hydrogens is 227 g/mol. The summed E-state index contributed by atoms with van der Waals surface area (Å²) in [5.74, 6) is -0.273. The molecule has 1 aromatic heterocycles. The zero-order valence-electron chi connectivity index (χ0n) is 9.60. The molecule has 0 saturated carbocycles. The molecule has 0 saturated heterocycles. The predicted octanol–water partition coefficient (Wildman–Crippen LogP) is 4.12. The first-order valence-electron chi connectivity index (χ1n) is 5.70. The Bertz CT molecular complexity index is 689. The average molecular weight is 238 g/mol. The molecule has 2 aromatic carbocycles. The van der Waals surface area contributed by atoms with E-state index < -0.39 is 0 Å². The first-order chi connectivity index (χ1) is 8.84. The maximum Gasteiger partial charge on any atom is 0.146 e. The van der Waals surface area contributed by atoms with Gasteiger partial charge >= 0.3 is 0 Å². The normalized spacial score (nSPS) is 10.5. The lowest BCUT2D eigenvalue weighted by molar-refractivity contribution is 0.632. The molecule has 0 fully saturated rings. The molecule has 0 spiro atoms. The van der Waals surface area contributed by atoms with Crippen LogP contribution in [-0.4, -0.2) is 4.98 Å². The minimum Gasteiger partial charge on any atom is -0.351 e. The molecule has 3 aromatic rings. The van der Waals surface area contributed by atoms with Crippen LogP contribution in [0.1, 0.15) is 0 Å². The zero-order valence-corrected chi connectivity index (χ0v) is 9.60. The highest BCUT2D eigenvalue weighted by Crippen LogP contribution is 2.25. The van der Waals surface area contributed by atoms with Gasteiger partial charge in [0.2, 0.25) is 0 Å². The topological polar surface area (TPSA) is 24.9 Å². The summed E-state index contributed by atoms with van der Waals surface area (Å²) in [6, 6.07) is 16.3. The van der Waals surface area contributed by atoms with E-state index in [0.29, 0.717) is 5.69 Å². The second kappa shape index (κ2) is 4.45. The summed E-state index contributed by atoms with van der Waals surface area (Å²) in [4.78, 5) is 4.32. The van der Waals surface area contributed by atoms with Gasteiger partial charge in [-0.3, -0.25) is 4.98 Å². The van der Waals surface area contributed by atoms with Crippen LogP contribution in [0.25, 0.3) is 10.9 Å². The van der Waals surface area contributed by atoms with Crippen molar-refractivity contribution in [3.63, 3.8) is 0 Å². The second-order valence-corrected chi connectivity index (χ2v) is 3.99. The Morgan fingerprint density at radius 1 is 0.833 bits per heavy atom. The molecule has 3 heteroatoms. The van der Waals surface area contributed by atoms with E-state index in [1.54, 1.807) is 24.4 Å². The molecule has 0 aliphatic rings. The number of rotatable bonds is 2. The molecule has 1 heterocycles. The molecule has 0 atom stereocenters. The first-order valence-corrected chi connectivity index (χ1v) is 5.70. The van der Waals surface area contributed by atoms with E-state index in [1.807, 2.05) is 30.3 Å². The number of para-hydroxylation sites is 2. The Morgan fingerprint density at radius 2 is 1.61 bits per heavy atom. The lowest BCUT2D eigenvalue weighted by atomic mass is 10.2. The van der Waals surface area contributed by atoms with Gasteiger partial charge in [0, 0.05) is 11.6 Å². The van der Waals surface area contributed by atoms with Crippen LogP contribution in [0.3, 0.4) is 0 Å². The molecule has 0 radical (unpaired) electrons. The number of hydrogen-bond acceptors (Lipinski definition) is 2. The van der Waals surface area contributed by atoms with Crippen molar-refractivity contribution >= 4 is 22.3 Å². The van der Waals surface area contributed by atoms with Crippen molar-refractivity contribution in [3.05, 3.63) is 66.6 Å². The van der Waals surface area contributed by atoms with Gasteiger partial charge in [-0.25, -0.2) is 4.39 Å². The number of anilines is 2. The zero-order chi connectivity index (χ0) is 12.4. The van der Waals surface area contributed by atoms with Crippen LogP contribution >= 0.6 is 0 Å². The number of nitrogens with one attached hydrogen (secondary N) is 1. The fraction of sp³-hybridized carbons (Fsp3) is 0. The molecule has 0 amide bonds. The largest absolute Gasteiger partial charge is 0.351 e. The Hall–Kier alpha value is -2.42. The molecule has 3 rings (SSSR count). The second-order valence-electron chi connectivity index (χ2n) is 3.99. The summed E-state index contributed by atoms with van der Waals surface area (Å²) >= 11 is 0. The molecule has 0 bridgehead atoms. The third-order valence-corrected chi connectivity index (χ3v) is 2.78. The summed E-state index contributed by atoms with van der Waals surface area (Å²) in [6.45, 7) is 0. The van der Waals surface area contributed by atoms with Gasteiger partial charge in [0.1, 0.15) is 5.82 Å². The summed E-state index contributed by atoms with van der Waals surface area (Å²) in [5, 5.41) is 4.10. The monoisotopic (exact) mass is 238 g/mol. The third kappa shape index (κ3) is 1.91. The highest BCUT2D eigenvalue weighted by Gasteiger charge is 2.04. The minimum absolute atomic E-state index is 0.273. The predicted molar refractivity (Wildman–Crippen MR) is 71.4 cm³/mol. The van der Waals surface area contributed by atoms with Gasteiger partial charge in [0.05, 0.1) is 16.9 Å². The van der Waals surface area contributed by atoms with Crippen LogP contribution < -0.4 is 5.32 Å². The number of aromatic nitrogens is 1. The number of pyridine rings is 1. The summed E-state index contributed by atoms with van der Waals surface area (Å²) in [5.41, 5.74) is 2.09. The third-order valence-electron chi connectivity index (χ3n) is 2.78. The van der Waals surface area contributed by atoms with Crippen LogP contribution in [0.2, 0.25) is 0 Å². The van der Waals surface area contributed by atoms with Gasteiger partial charge < -0.3 is 5.32 Å². The SMILES string of the molecule is Fc1ccccc1Nc1cccc2cccnc12. The van der Waals surface area contributed by atoms with Crippen LogP contribution in [0.4, 0.5) is 15.8 Å². The average Bonchev–Trinajstić information content (AvgIpc) is 2.42. The van der Waals surface area contributed by atoms with E-state index in [0.717, 1.165) is 16.6 Å². The van der Waals surface area contributed by atoms with Crippen LogP contribution in [-0.2, 0) is 0 Å². The Balaban J connectivity index is 2.08. The lowest BCUT2D eigenvalue weighted by Gasteiger charge is -2.09. The number of fused-ring (bicyclic) bond motifs is 1. The van der Waals surface area contributed by atoms with Gasteiger partial charge in [-0.2, -0.15) is 0 Å². The van der Waals surface area contributed by atoms with E-state index in [1.165, 1.54) is 6.07 Å². The minimum atomic E-state index is -0.273. The van der Waals surface area contributed by atoms with Gasteiger partial charge in [-0.1, -0.05) is 30.3 Å². The molecule has 0 unspecified atom stereocenters. The smallest absolute Gasteiger partial charge is 0.146 e. The van der Waals surface area contributed by atoms with Crippen LogP contribution in [0.5, 0.6) is 0 Å². The van der Waals surface area contributed by atoms with Crippen molar-refractivity contribution in [2.75, 3.05) is 5.32 Å². The summed E-state index contributed by atoms with van der Waals surface area (Å²) in [6.07, 6.45) is 1.73. The highest BCUT2D eigenvalue weighted by atomic mass is 19.1. The molecule has 1 N–H and O–H groups in total. The first kappa shape index (κ1) is 10.7. The van der Waals surface area contributed by atoms with Crippen LogP contribution in [0.15, 0.2) is 60.8 Å². The van der Waals surface area contributed by atoms with E-state index in [9.17, 15) is 4.39 Å². The van der Waals surface area contributed by atoms with Gasteiger partial charge in [-0.05, 0) is 24.3 Å². The van der Waals surface area contributed by atoms with E-state index in [4.69, 9.17) is 0 Å². The lowest BCUT2D eigenvalue weighted by Crippen LogP contribution is -1.95. The number of nitrogens with zero attached hydrogens (tertiary/aromatic N) is 1. The van der Waals surface area contributed by atoms with Crippen molar-refractivity contribution in [3.8, 4) is 0 Å². The van der Waals surface area contributed by atoms with Gasteiger partial charge in [-0.15, -0.1) is 0 Å². The quantitative estimate of drug-likeness (QED) is 0.726. The van der Waals surface area contributed by atoms with Crippen molar-refractivity contribution in [1.29, 1.82) is 0 Å². The molecular formula is C15H11FN2. The van der Waals surface area contributed by atoms with E-state index in [2.05, 4.69) is 10.3 Å². The maximum atomic E-state index is 13.6. The fourth-order valence-electron chi connectivity index (χ4n) is 1.91. The van der Waals surface area contributed by atoms with E-state index in [-0.39, 0.29) is 5.82 Å². The molecule has 88 valence electrons. The molecule has 2 nitrogen and oxygen atoms in total. The Kier molecular flexibility index (Phi) is 2.65. The van der Waals surface area contributed by atoms with Gasteiger partial charge in [0.25, 0.3) is 0 Å². The van der Waals surface area contributed by atoms with E-state index >= 15 is 0 Å². The molecule has 0 aliphatic carbocycles. The Morgan fingerprint density at radius 3 is 2.50 bits per heavy atom. The standard InChI is InChI=1S/C15H11FN2/c16-12-7-1-2-8-13(12)18-14-9-3-5-11-6-4-10-17-15(11)14/h1-10,18H. The van der Waals surface area contributed by atoms with Crippen molar-refractivity contribution in [2.24, 2.45) is 0 Å². The van der Waals surface area contributed by atoms with Crippen LogP contribution in [0, 0.1) is 5.82 Å².